The second-order valence-corrected chi connectivity index (χ2v) is 8.94. The number of aromatic nitrogens is 1. The smallest absolute Gasteiger partial charge is 0.313 e. The van der Waals surface area contributed by atoms with E-state index in [4.69, 9.17) is 16.7 Å². The molecular formula is C18H15ClN2O3S2. The molecule has 2 atom stereocenters. The van der Waals surface area contributed by atoms with Crippen molar-refractivity contribution in [3.05, 3.63) is 57.6 Å². The SMILES string of the molecule is O=C(O)CSC1c2ccccc2CC1NC(=O)c1cc2cc(Cl)sc2[nH]1. The summed E-state index contributed by atoms with van der Waals surface area (Å²) in [5.74, 6) is -1.04. The standard InChI is InChI=1S/C18H15ClN2O3S2/c19-14-7-10-6-13(21-18(10)26-14)17(24)20-12-5-9-3-1-2-4-11(9)16(12)25-8-15(22)23/h1-4,6-7,12,16,21H,5,8H2,(H,20,24)(H,22,23). The fourth-order valence-electron chi connectivity index (χ4n) is 3.31. The van der Waals surface area contributed by atoms with Crippen molar-refractivity contribution in [3.8, 4) is 0 Å². The molecule has 0 radical (unpaired) electrons. The van der Waals surface area contributed by atoms with Crippen LogP contribution in [0.15, 0.2) is 36.4 Å². The van der Waals surface area contributed by atoms with Crippen molar-refractivity contribution in [2.45, 2.75) is 17.7 Å². The summed E-state index contributed by atoms with van der Waals surface area (Å²) in [6.07, 6.45) is 0.695. The van der Waals surface area contributed by atoms with Gasteiger partial charge in [0.1, 0.15) is 10.5 Å². The Morgan fingerprint density at radius 3 is 2.92 bits per heavy atom. The van der Waals surface area contributed by atoms with Gasteiger partial charge in [0.2, 0.25) is 0 Å². The van der Waals surface area contributed by atoms with Crippen molar-refractivity contribution in [2.24, 2.45) is 0 Å². The third-order valence-corrected chi connectivity index (χ3v) is 6.94. The number of rotatable bonds is 5. The molecule has 2 heterocycles. The number of fused-ring (bicyclic) bond motifs is 2. The zero-order valence-corrected chi connectivity index (χ0v) is 15.9. The van der Waals surface area contributed by atoms with Gasteiger partial charge in [-0.1, -0.05) is 35.9 Å². The number of amides is 1. The topological polar surface area (TPSA) is 82.2 Å². The van der Waals surface area contributed by atoms with E-state index in [1.54, 1.807) is 6.07 Å². The average Bonchev–Trinajstić information content (AvgIpc) is 3.23. The Morgan fingerprint density at radius 1 is 1.35 bits per heavy atom. The maximum Gasteiger partial charge on any atom is 0.313 e. The quantitative estimate of drug-likeness (QED) is 0.595. The van der Waals surface area contributed by atoms with Crippen LogP contribution in [0.4, 0.5) is 0 Å². The van der Waals surface area contributed by atoms with E-state index < -0.39 is 5.97 Å². The summed E-state index contributed by atoms with van der Waals surface area (Å²) in [7, 11) is 0. The molecule has 1 amide bonds. The van der Waals surface area contributed by atoms with Crippen LogP contribution in [-0.4, -0.2) is 33.8 Å². The number of H-pyrrole nitrogens is 1. The predicted octanol–water partition coefficient (Wildman–Crippen LogP) is 4.10. The van der Waals surface area contributed by atoms with E-state index in [0.29, 0.717) is 16.5 Å². The highest BCUT2D eigenvalue weighted by Crippen LogP contribution is 2.41. The third kappa shape index (κ3) is 3.34. The van der Waals surface area contributed by atoms with Gasteiger partial charge in [-0.25, -0.2) is 0 Å². The monoisotopic (exact) mass is 406 g/mol. The first-order valence-corrected chi connectivity index (χ1v) is 10.3. The molecule has 3 aromatic rings. The van der Waals surface area contributed by atoms with E-state index in [9.17, 15) is 9.59 Å². The van der Waals surface area contributed by atoms with Crippen LogP contribution in [-0.2, 0) is 11.2 Å². The Balaban J connectivity index is 1.54. The summed E-state index contributed by atoms with van der Waals surface area (Å²) >= 11 is 8.72. The summed E-state index contributed by atoms with van der Waals surface area (Å²) in [5, 5.41) is 12.9. The van der Waals surface area contributed by atoms with Crippen LogP contribution in [0, 0.1) is 0 Å². The van der Waals surface area contributed by atoms with Gasteiger partial charge >= 0.3 is 5.97 Å². The van der Waals surface area contributed by atoms with Crippen LogP contribution in [0.5, 0.6) is 0 Å². The second kappa shape index (κ2) is 6.98. The molecule has 8 heteroatoms. The van der Waals surface area contributed by atoms with Gasteiger partial charge < -0.3 is 15.4 Å². The van der Waals surface area contributed by atoms with Gasteiger partial charge in [-0.05, 0) is 29.7 Å². The van der Waals surface area contributed by atoms with Gasteiger partial charge in [0.05, 0.1) is 15.3 Å². The largest absolute Gasteiger partial charge is 0.481 e. The number of hydrogen-bond acceptors (Lipinski definition) is 4. The maximum absolute atomic E-state index is 12.7. The van der Waals surface area contributed by atoms with Crippen molar-refractivity contribution in [3.63, 3.8) is 0 Å². The number of carboxylic acids is 1. The minimum absolute atomic E-state index is 0.00209. The minimum atomic E-state index is -0.856. The highest BCUT2D eigenvalue weighted by molar-refractivity contribution is 8.00. The van der Waals surface area contributed by atoms with Crippen LogP contribution in [0.2, 0.25) is 4.34 Å². The van der Waals surface area contributed by atoms with Crippen LogP contribution in [0.25, 0.3) is 10.2 Å². The molecule has 2 aromatic heterocycles. The Bertz CT molecular complexity index is 966. The molecule has 1 aliphatic rings. The van der Waals surface area contributed by atoms with Crippen molar-refractivity contribution in [1.29, 1.82) is 0 Å². The van der Waals surface area contributed by atoms with Crippen molar-refractivity contribution >= 4 is 56.8 Å². The summed E-state index contributed by atoms with van der Waals surface area (Å²) < 4.78 is 0.676. The van der Waals surface area contributed by atoms with Crippen molar-refractivity contribution in [1.82, 2.24) is 10.3 Å². The average molecular weight is 407 g/mol. The maximum atomic E-state index is 12.7. The molecule has 134 valence electrons. The molecule has 4 rings (SSSR count). The van der Waals surface area contributed by atoms with Crippen LogP contribution >= 0.6 is 34.7 Å². The van der Waals surface area contributed by atoms with Gasteiger partial charge in [-0.2, -0.15) is 0 Å². The number of thiophene rings is 1. The molecule has 0 spiro atoms. The number of carboxylic acid groups (broad SMARTS) is 1. The highest BCUT2D eigenvalue weighted by Gasteiger charge is 2.34. The molecule has 1 aliphatic carbocycles. The first-order valence-electron chi connectivity index (χ1n) is 8.01. The fraction of sp³-hybridized carbons (Fsp3) is 0.222. The summed E-state index contributed by atoms with van der Waals surface area (Å²) in [6, 6.07) is 11.4. The van der Waals surface area contributed by atoms with E-state index in [2.05, 4.69) is 10.3 Å². The Kier molecular flexibility index (Phi) is 4.69. The first kappa shape index (κ1) is 17.5. The molecule has 0 saturated heterocycles. The van der Waals surface area contributed by atoms with Crippen LogP contribution in [0.1, 0.15) is 26.9 Å². The van der Waals surface area contributed by atoms with E-state index in [1.165, 1.54) is 23.1 Å². The number of carbonyl (C=O) groups excluding carboxylic acids is 1. The third-order valence-electron chi connectivity index (χ3n) is 4.39. The summed E-state index contributed by atoms with van der Waals surface area (Å²) in [4.78, 5) is 27.6. The lowest BCUT2D eigenvalue weighted by atomic mass is 10.1. The molecule has 1 aromatic carbocycles. The van der Waals surface area contributed by atoms with Crippen LogP contribution in [0.3, 0.4) is 0 Å². The second-order valence-electron chi connectivity index (χ2n) is 6.13. The fourth-order valence-corrected chi connectivity index (χ4v) is 5.57. The zero-order valence-electron chi connectivity index (χ0n) is 13.5. The number of hydrogen-bond donors (Lipinski definition) is 3. The number of aliphatic carboxylic acids is 1. The van der Waals surface area contributed by atoms with Gasteiger partial charge in [-0.3, -0.25) is 9.59 Å². The van der Waals surface area contributed by atoms with E-state index in [1.807, 2.05) is 30.3 Å². The Hall–Kier alpha value is -1.96. The van der Waals surface area contributed by atoms with E-state index in [0.717, 1.165) is 21.3 Å². The van der Waals surface area contributed by atoms with Crippen LogP contribution < -0.4 is 5.32 Å². The normalized spacial score (nSPS) is 18.8. The number of aromatic amines is 1. The predicted molar refractivity (Wildman–Crippen MR) is 105 cm³/mol. The van der Waals surface area contributed by atoms with Crippen molar-refractivity contribution < 1.29 is 14.7 Å². The lowest BCUT2D eigenvalue weighted by Gasteiger charge is -2.20. The van der Waals surface area contributed by atoms with E-state index in [-0.39, 0.29) is 23.0 Å². The lowest BCUT2D eigenvalue weighted by molar-refractivity contribution is -0.133. The molecule has 0 fully saturated rings. The molecule has 0 aliphatic heterocycles. The minimum Gasteiger partial charge on any atom is -0.481 e. The lowest BCUT2D eigenvalue weighted by Crippen LogP contribution is -2.37. The number of halogens is 1. The summed E-state index contributed by atoms with van der Waals surface area (Å²) in [5.41, 5.74) is 2.74. The number of benzene rings is 1. The Labute approximate surface area is 162 Å². The number of thioether (sulfide) groups is 1. The molecule has 3 N–H and O–H groups in total. The van der Waals surface area contributed by atoms with Gasteiger partial charge in [0, 0.05) is 11.4 Å². The number of carbonyl (C=O) groups is 2. The van der Waals surface area contributed by atoms with Gasteiger partial charge in [0.15, 0.2) is 0 Å². The molecule has 2 unspecified atom stereocenters. The highest BCUT2D eigenvalue weighted by atomic mass is 35.5. The van der Waals surface area contributed by atoms with Gasteiger partial charge in [-0.15, -0.1) is 23.1 Å². The first-order chi connectivity index (χ1) is 12.5. The molecule has 26 heavy (non-hydrogen) atoms. The molecular weight excluding hydrogens is 392 g/mol. The zero-order chi connectivity index (χ0) is 18.3. The van der Waals surface area contributed by atoms with E-state index >= 15 is 0 Å². The van der Waals surface area contributed by atoms with Gasteiger partial charge in [0.25, 0.3) is 5.91 Å². The molecule has 0 saturated carbocycles. The number of nitrogens with one attached hydrogen (secondary N) is 2. The Morgan fingerprint density at radius 2 is 2.15 bits per heavy atom. The molecule has 0 bridgehead atoms. The summed E-state index contributed by atoms with van der Waals surface area (Å²) in [6.45, 7) is 0. The van der Waals surface area contributed by atoms with Crippen molar-refractivity contribution in [2.75, 3.05) is 5.75 Å². The molecule has 5 nitrogen and oxygen atoms in total.